The fourth-order valence-corrected chi connectivity index (χ4v) is 4.19. The summed E-state index contributed by atoms with van der Waals surface area (Å²) in [6.45, 7) is 6.09. The van der Waals surface area contributed by atoms with Crippen molar-refractivity contribution in [2.75, 3.05) is 18.8 Å². The van der Waals surface area contributed by atoms with E-state index >= 15 is 0 Å². The number of hydrogen-bond acceptors (Lipinski definition) is 3. The lowest BCUT2D eigenvalue weighted by atomic mass is 9.98. The Labute approximate surface area is 118 Å². The first kappa shape index (κ1) is 16.9. The minimum atomic E-state index is -3.10. The van der Waals surface area contributed by atoms with E-state index in [1.165, 1.54) is 12.8 Å². The van der Waals surface area contributed by atoms with Crippen molar-refractivity contribution in [1.82, 2.24) is 10.0 Å². The summed E-state index contributed by atoms with van der Waals surface area (Å²) in [4.78, 5) is 0. The zero-order chi connectivity index (χ0) is 14.1. The lowest BCUT2D eigenvalue weighted by Gasteiger charge is -2.22. The van der Waals surface area contributed by atoms with Gasteiger partial charge in [0.15, 0.2) is 0 Å². The van der Waals surface area contributed by atoms with Gasteiger partial charge in [0.1, 0.15) is 0 Å². The first-order valence-electron chi connectivity index (χ1n) is 7.76. The Bertz CT molecular complexity index is 330. The van der Waals surface area contributed by atoms with Crippen molar-refractivity contribution in [3.8, 4) is 0 Å². The highest BCUT2D eigenvalue weighted by Gasteiger charge is 2.24. The fourth-order valence-electron chi connectivity index (χ4n) is 2.68. The van der Waals surface area contributed by atoms with Gasteiger partial charge in [-0.3, -0.25) is 0 Å². The molecule has 0 heterocycles. The standard InChI is InChI=1S/C14H30N2O2S/c1-3-15-11-7-8-12-19(17,18)16-14-10-6-4-5-9-13(14)2/h13-16H,3-12H2,1-2H3. The number of unbranched alkanes of at least 4 members (excludes halogenated alkanes) is 1. The van der Waals surface area contributed by atoms with Crippen LogP contribution >= 0.6 is 0 Å². The van der Waals surface area contributed by atoms with Gasteiger partial charge >= 0.3 is 0 Å². The van der Waals surface area contributed by atoms with Gasteiger partial charge in [-0.25, -0.2) is 13.1 Å². The molecule has 2 N–H and O–H groups in total. The van der Waals surface area contributed by atoms with Crippen LogP contribution < -0.4 is 10.0 Å². The molecule has 0 amide bonds. The normalized spacial score (nSPS) is 25.2. The highest BCUT2D eigenvalue weighted by molar-refractivity contribution is 7.89. The maximum atomic E-state index is 12.1. The maximum Gasteiger partial charge on any atom is 0.211 e. The van der Waals surface area contributed by atoms with Crippen LogP contribution in [0.3, 0.4) is 0 Å². The largest absolute Gasteiger partial charge is 0.317 e. The summed E-state index contributed by atoms with van der Waals surface area (Å²) in [5.74, 6) is 0.737. The molecule has 5 heteroatoms. The van der Waals surface area contributed by atoms with Crippen LogP contribution in [0.2, 0.25) is 0 Å². The van der Waals surface area contributed by atoms with Gasteiger partial charge in [-0.15, -0.1) is 0 Å². The summed E-state index contributed by atoms with van der Waals surface area (Å²) in [7, 11) is -3.10. The summed E-state index contributed by atoms with van der Waals surface area (Å²) < 4.78 is 27.0. The molecule has 1 rings (SSSR count). The molecule has 0 saturated heterocycles. The van der Waals surface area contributed by atoms with E-state index < -0.39 is 10.0 Å². The molecular formula is C14H30N2O2S. The molecule has 4 nitrogen and oxygen atoms in total. The Morgan fingerprint density at radius 1 is 1.11 bits per heavy atom. The number of sulfonamides is 1. The number of hydrogen-bond donors (Lipinski definition) is 2. The van der Waals surface area contributed by atoms with Crippen LogP contribution in [0.1, 0.15) is 58.8 Å². The SMILES string of the molecule is CCNCCCCS(=O)(=O)NC1CCCCCC1C. The van der Waals surface area contributed by atoms with Crippen molar-refractivity contribution < 1.29 is 8.42 Å². The van der Waals surface area contributed by atoms with Gasteiger partial charge in [-0.05, 0) is 44.7 Å². The molecule has 0 aliphatic heterocycles. The van der Waals surface area contributed by atoms with Gasteiger partial charge in [0.2, 0.25) is 10.0 Å². The third kappa shape index (κ3) is 7.28. The van der Waals surface area contributed by atoms with Crippen molar-refractivity contribution in [2.45, 2.75) is 64.8 Å². The molecule has 0 spiro atoms. The van der Waals surface area contributed by atoms with E-state index in [9.17, 15) is 8.42 Å². The summed E-state index contributed by atoms with van der Waals surface area (Å²) >= 11 is 0. The molecule has 1 aliphatic rings. The molecule has 1 aliphatic carbocycles. The summed E-state index contributed by atoms with van der Waals surface area (Å²) in [5.41, 5.74) is 0. The molecule has 1 fully saturated rings. The molecule has 0 radical (unpaired) electrons. The third-order valence-electron chi connectivity index (χ3n) is 3.96. The predicted octanol–water partition coefficient (Wildman–Crippen LogP) is 2.26. The van der Waals surface area contributed by atoms with E-state index in [1.807, 2.05) is 0 Å². The second-order valence-electron chi connectivity index (χ2n) is 5.72. The van der Waals surface area contributed by atoms with Gasteiger partial charge in [0, 0.05) is 6.04 Å². The molecule has 0 aromatic heterocycles. The van der Waals surface area contributed by atoms with E-state index in [0.29, 0.717) is 5.92 Å². The summed E-state index contributed by atoms with van der Waals surface area (Å²) in [6.07, 6.45) is 7.44. The van der Waals surface area contributed by atoms with E-state index in [2.05, 4.69) is 23.9 Å². The topological polar surface area (TPSA) is 58.2 Å². The zero-order valence-electron chi connectivity index (χ0n) is 12.5. The minimum Gasteiger partial charge on any atom is -0.317 e. The van der Waals surface area contributed by atoms with Gasteiger partial charge in [-0.1, -0.05) is 33.1 Å². The van der Waals surface area contributed by atoms with Crippen molar-refractivity contribution >= 4 is 10.0 Å². The first-order valence-corrected chi connectivity index (χ1v) is 9.41. The van der Waals surface area contributed by atoms with Crippen LogP contribution in [0.25, 0.3) is 0 Å². The van der Waals surface area contributed by atoms with Crippen molar-refractivity contribution in [2.24, 2.45) is 5.92 Å². The first-order chi connectivity index (χ1) is 9.05. The Balaban J connectivity index is 2.31. The van der Waals surface area contributed by atoms with Crippen LogP contribution in [0, 0.1) is 5.92 Å². The molecule has 0 aromatic carbocycles. The predicted molar refractivity (Wildman–Crippen MR) is 80.7 cm³/mol. The second-order valence-corrected chi connectivity index (χ2v) is 7.59. The van der Waals surface area contributed by atoms with E-state index in [1.54, 1.807) is 0 Å². The van der Waals surface area contributed by atoms with E-state index in [0.717, 1.165) is 45.2 Å². The molecule has 0 aromatic rings. The maximum absolute atomic E-state index is 12.1. The van der Waals surface area contributed by atoms with E-state index in [4.69, 9.17) is 0 Å². The van der Waals surface area contributed by atoms with Gasteiger partial charge in [-0.2, -0.15) is 0 Å². The molecule has 2 unspecified atom stereocenters. The molecule has 114 valence electrons. The van der Waals surface area contributed by atoms with Crippen LogP contribution in [-0.2, 0) is 10.0 Å². The van der Waals surface area contributed by atoms with Gasteiger partial charge in [0.05, 0.1) is 5.75 Å². The average Bonchev–Trinajstić information content (AvgIpc) is 2.54. The van der Waals surface area contributed by atoms with Gasteiger partial charge < -0.3 is 5.32 Å². The lowest BCUT2D eigenvalue weighted by Crippen LogP contribution is -2.40. The van der Waals surface area contributed by atoms with Crippen molar-refractivity contribution in [3.63, 3.8) is 0 Å². The van der Waals surface area contributed by atoms with E-state index in [-0.39, 0.29) is 11.8 Å². The highest BCUT2D eigenvalue weighted by atomic mass is 32.2. The Kier molecular flexibility index (Phi) is 7.95. The molecular weight excluding hydrogens is 260 g/mol. The number of rotatable bonds is 8. The minimum absolute atomic E-state index is 0.154. The summed E-state index contributed by atoms with van der Waals surface area (Å²) in [6, 6.07) is 0.154. The molecule has 2 atom stereocenters. The van der Waals surface area contributed by atoms with Crippen LogP contribution in [0.4, 0.5) is 0 Å². The van der Waals surface area contributed by atoms with Crippen molar-refractivity contribution in [3.05, 3.63) is 0 Å². The lowest BCUT2D eigenvalue weighted by molar-refractivity contribution is 0.399. The second kappa shape index (κ2) is 8.93. The van der Waals surface area contributed by atoms with Gasteiger partial charge in [0.25, 0.3) is 0 Å². The Morgan fingerprint density at radius 3 is 2.58 bits per heavy atom. The Morgan fingerprint density at radius 2 is 1.84 bits per heavy atom. The highest BCUT2D eigenvalue weighted by Crippen LogP contribution is 2.23. The third-order valence-corrected chi connectivity index (χ3v) is 5.45. The average molecular weight is 290 g/mol. The Hall–Kier alpha value is -0.130. The van der Waals surface area contributed by atoms with Crippen LogP contribution in [-0.4, -0.2) is 33.3 Å². The molecule has 19 heavy (non-hydrogen) atoms. The zero-order valence-corrected chi connectivity index (χ0v) is 13.3. The van der Waals surface area contributed by atoms with Crippen LogP contribution in [0.5, 0.6) is 0 Å². The number of nitrogens with one attached hydrogen (secondary N) is 2. The van der Waals surface area contributed by atoms with Crippen LogP contribution in [0.15, 0.2) is 0 Å². The molecule has 0 bridgehead atoms. The monoisotopic (exact) mass is 290 g/mol. The van der Waals surface area contributed by atoms with Crippen molar-refractivity contribution in [1.29, 1.82) is 0 Å². The molecule has 1 saturated carbocycles. The fraction of sp³-hybridized carbons (Fsp3) is 1.00. The quantitative estimate of drug-likeness (QED) is 0.532. The smallest absolute Gasteiger partial charge is 0.211 e. The summed E-state index contributed by atoms with van der Waals surface area (Å²) in [5, 5.41) is 3.22.